The molecule has 0 aromatic heterocycles. The number of methoxy groups -OCH3 is 2. The minimum Gasteiger partial charge on any atom is -0.493 e. The van der Waals surface area contributed by atoms with E-state index in [1.807, 2.05) is 25.1 Å². The van der Waals surface area contributed by atoms with E-state index in [0.29, 0.717) is 16.5 Å². The molecule has 1 aromatic carbocycles. The summed E-state index contributed by atoms with van der Waals surface area (Å²) in [7, 11) is 3.17. The summed E-state index contributed by atoms with van der Waals surface area (Å²) in [4.78, 5) is 0. The summed E-state index contributed by atoms with van der Waals surface area (Å²) in [6, 6.07) is 3.76. The van der Waals surface area contributed by atoms with E-state index in [4.69, 9.17) is 21.1 Å². The second-order valence-corrected chi connectivity index (χ2v) is 4.27. The SMILES string of the molecule is COc1ccc(C=C(C)CBr)c(Cl)c1OC. The number of benzene rings is 1. The number of alkyl halides is 1. The first-order chi connectivity index (χ1) is 7.63. The molecule has 0 saturated carbocycles. The van der Waals surface area contributed by atoms with Crippen LogP contribution in [0.4, 0.5) is 0 Å². The zero-order chi connectivity index (χ0) is 12.1. The fourth-order valence-corrected chi connectivity index (χ4v) is 1.77. The van der Waals surface area contributed by atoms with Crippen molar-refractivity contribution in [1.82, 2.24) is 0 Å². The Morgan fingerprint density at radius 2 is 2.06 bits per heavy atom. The largest absolute Gasteiger partial charge is 0.493 e. The number of hydrogen-bond donors (Lipinski definition) is 0. The maximum absolute atomic E-state index is 6.23. The van der Waals surface area contributed by atoms with Crippen molar-refractivity contribution >= 4 is 33.6 Å². The monoisotopic (exact) mass is 304 g/mol. The second kappa shape index (κ2) is 6.16. The summed E-state index contributed by atoms with van der Waals surface area (Å²) in [5.74, 6) is 1.21. The molecule has 0 fully saturated rings. The lowest BCUT2D eigenvalue weighted by Gasteiger charge is -2.11. The molecular formula is C12H14BrClO2. The van der Waals surface area contributed by atoms with Gasteiger partial charge in [0.1, 0.15) is 0 Å². The maximum atomic E-state index is 6.23. The van der Waals surface area contributed by atoms with Gasteiger partial charge in [-0.2, -0.15) is 0 Å². The van der Waals surface area contributed by atoms with E-state index >= 15 is 0 Å². The minimum absolute atomic E-state index is 0.570. The van der Waals surface area contributed by atoms with Crippen LogP contribution in [0.25, 0.3) is 6.08 Å². The highest BCUT2D eigenvalue weighted by molar-refractivity contribution is 9.09. The zero-order valence-corrected chi connectivity index (χ0v) is 11.9. The third kappa shape index (κ3) is 2.92. The van der Waals surface area contributed by atoms with E-state index in [2.05, 4.69) is 15.9 Å². The average molecular weight is 306 g/mol. The fourth-order valence-electron chi connectivity index (χ4n) is 1.32. The van der Waals surface area contributed by atoms with Crippen LogP contribution < -0.4 is 9.47 Å². The smallest absolute Gasteiger partial charge is 0.179 e. The Balaban J connectivity index is 3.24. The lowest BCUT2D eigenvalue weighted by Crippen LogP contribution is -1.93. The molecule has 0 heterocycles. The van der Waals surface area contributed by atoms with Crippen LogP contribution in [-0.4, -0.2) is 19.5 Å². The molecule has 88 valence electrons. The Morgan fingerprint density at radius 3 is 2.56 bits per heavy atom. The molecule has 0 aliphatic rings. The topological polar surface area (TPSA) is 18.5 Å². The van der Waals surface area contributed by atoms with Crippen LogP contribution in [0.2, 0.25) is 5.02 Å². The van der Waals surface area contributed by atoms with Crippen molar-refractivity contribution in [3.63, 3.8) is 0 Å². The van der Waals surface area contributed by atoms with Gasteiger partial charge < -0.3 is 9.47 Å². The third-order valence-corrected chi connectivity index (χ3v) is 3.40. The normalized spacial score (nSPS) is 11.4. The van der Waals surface area contributed by atoms with Gasteiger partial charge in [-0.25, -0.2) is 0 Å². The first-order valence-electron chi connectivity index (χ1n) is 4.77. The van der Waals surface area contributed by atoms with Crippen LogP contribution in [0.3, 0.4) is 0 Å². The van der Waals surface area contributed by atoms with Crippen molar-refractivity contribution in [2.45, 2.75) is 6.92 Å². The predicted molar refractivity (Wildman–Crippen MR) is 72.0 cm³/mol. The molecule has 0 amide bonds. The Hall–Kier alpha value is -0.670. The quantitative estimate of drug-likeness (QED) is 0.778. The molecule has 16 heavy (non-hydrogen) atoms. The molecule has 0 N–H and O–H groups in total. The Bertz CT molecular complexity index is 402. The van der Waals surface area contributed by atoms with Gasteiger partial charge in [0.05, 0.1) is 19.2 Å². The van der Waals surface area contributed by atoms with Crippen LogP contribution in [-0.2, 0) is 0 Å². The fraction of sp³-hybridized carbons (Fsp3) is 0.333. The molecule has 0 aliphatic carbocycles. The summed E-state index contributed by atoms with van der Waals surface area (Å²) in [6.07, 6.45) is 2.01. The standard InChI is InChI=1S/C12H14BrClO2/c1-8(7-13)6-9-4-5-10(15-2)12(16-3)11(9)14/h4-6H,7H2,1-3H3. The van der Waals surface area contributed by atoms with Gasteiger partial charge >= 0.3 is 0 Å². The Labute approximate surface area is 109 Å². The van der Waals surface area contributed by atoms with Crippen molar-refractivity contribution in [3.05, 3.63) is 28.3 Å². The van der Waals surface area contributed by atoms with Gasteiger partial charge in [-0.15, -0.1) is 0 Å². The number of allylic oxidation sites excluding steroid dienone is 1. The number of hydrogen-bond acceptors (Lipinski definition) is 2. The molecule has 1 rings (SSSR count). The van der Waals surface area contributed by atoms with E-state index in [-0.39, 0.29) is 0 Å². The highest BCUT2D eigenvalue weighted by Gasteiger charge is 2.11. The van der Waals surface area contributed by atoms with E-state index in [1.165, 1.54) is 5.57 Å². The predicted octanol–water partition coefficient (Wildman–Crippen LogP) is 4.16. The number of ether oxygens (including phenoxy) is 2. The lowest BCUT2D eigenvalue weighted by atomic mass is 10.1. The van der Waals surface area contributed by atoms with Gasteiger partial charge in [-0.1, -0.05) is 39.2 Å². The van der Waals surface area contributed by atoms with E-state index in [9.17, 15) is 0 Å². The molecule has 0 spiro atoms. The third-order valence-electron chi connectivity index (χ3n) is 2.13. The van der Waals surface area contributed by atoms with Crippen LogP contribution in [0.1, 0.15) is 12.5 Å². The van der Waals surface area contributed by atoms with Crippen LogP contribution in [0, 0.1) is 0 Å². The van der Waals surface area contributed by atoms with Crippen LogP contribution in [0.15, 0.2) is 17.7 Å². The van der Waals surface area contributed by atoms with Gasteiger partial charge in [0.25, 0.3) is 0 Å². The molecule has 1 aromatic rings. The molecule has 0 saturated heterocycles. The number of rotatable bonds is 4. The van der Waals surface area contributed by atoms with Crippen molar-refractivity contribution < 1.29 is 9.47 Å². The zero-order valence-electron chi connectivity index (χ0n) is 9.51. The molecule has 2 nitrogen and oxygen atoms in total. The molecular weight excluding hydrogens is 291 g/mol. The first-order valence-corrected chi connectivity index (χ1v) is 6.27. The van der Waals surface area contributed by atoms with Crippen molar-refractivity contribution in [1.29, 1.82) is 0 Å². The molecule has 0 bridgehead atoms. The average Bonchev–Trinajstić information content (AvgIpc) is 2.31. The van der Waals surface area contributed by atoms with Crippen molar-refractivity contribution in [2.75, 3.05) is 19.5 Å². The van der Waals surface area contributed by atoms with Crippen LogP contribution >= 0.6 is 27.5 Å². The molecule has 0 unspecified atom stereocenters. The second-order valence-electron chi connectivity index (χ2n) is 3.33. The molecule has 0 aliphatic heterocycles. The highest BCUT2D eigenvalue weighted by Crippen LogP contribution is 2.38. The summed E-state index contributed by atoms with van der Waals surface area (Å²) < 4.78 is 10.4. The van der Waals surface area contributed by atoms with Gasteiger partial charge in [-0.05, 0) is 24.6 Å². The van der Waals surface area contributed by atoms with Gasteiger partial charge in [0.15, 0.2) is 11.5 Å². The van der Waals surface area contributed by atoms with E-state index < -0.39 is 0 Å². The molecule has 0 radical (unpaired) electrons. The van der Waals surface area contributed by atoms with E-state index in [0.717, 1.165) is 10.9 Å². The summed E-state index contributed by atoms with van der Waals surface area (Å²) in [5, 5.41) is 1.39. The number of halogens is 2. The van der Waals surface area contributed by atoms with Crippen molar-refractivity contribution in [2.24, 2.45) is 0 Å². The van der Waals surface area contributed by atoms with E-state index in [1.54, 1.807) is 14.2 Å². The first kappa shape index (κ1) is 13.4. The van der Waals surface area contributed by atoms with Crippen LogP contribution in [0.5, 0.6) is 11.5 Å². The lowest BCUT2D eigenvalue weighted by molar-refractivity contribution is 0.355. The summed E-state index contributed by atoms with van der Waals surface area (Å²) in [6.45, 7) is 2.03. The van der Waals surface area contributed by atoms with Gasteiger partial charge in [-0.3, -0.25) is 0 Å². The van der Waals surface area contributed by atoms with Gasteiger partial charge in [0.2, 0.25) is 0 Å². The summed E-state index contributed by atoms with van der Waals surface area (Å²) >= 11 is 9.62. The molecule has 4 heteroatoms. The van der Waals surface area contributed by atoms with Gasteiger partial charge in [0, 0.05) is 5.33 Å². The Kier molecular flexibility index (Phi) is 5.16. The molecule has 0 atom stereocenters. The summed E-state index contributed by atoms with van der Waals surface area (Å²) in [5.41, 5.74) is 2.12. The Morgan fingerprint density at radius 1 is 1.38 bits per heavy atom. The highest BCUT2D eigenvalue weighted by atomic mass is 79.9. The maximum Gasteiger partial charge on any atom is 0.179 e. The minimum atomic E-state index is 0.570. The van der Waals surface area contributed by atoms with Crippen molar-refractivity contribution in [3.8, 4) is 11.5 Å².